The first-order valence-corrected chi connectivity index (χ1v) is 5.37. The number of hydrogen-bond acceptors (Lipinski definition) is 6. The lowest BCUT2D eigenvalue weighted by atomic mass is 10.0. The molecule has 4 atom stereocenters. The molecule has 0 amide bonds. The van der Waals surface area contributed by atoms with Gasteiger partial charge in [-0.05, 0) is 6.92 Å². The maximum absolute atomic E-state index is 11.7. The number of nitrogens with one attached hydrogen (secondary N) is 1. The third-order valence-corrected chi connectivity index (χ3v) is 3.13. The van der Waals surface area contributed by atoms with E-state index >= 15 is 0 Å². The van der Waals surface area contributed by atoms with Crippen LogP contribution in [0.15, 0.2) is 21.9 Å². The van der Waals surface area contributed by atoms with Gasteiger partial charge in [-0.3, -0.25) is 14.3 Å². The van der Waals surface area contributed by atoms with Crippen LogP contribution in [-0.4, -0.2) is 49.8 Å². The quantitative estimate of drug-likeness (QED) is 0.475. The van der Waals surface area contributed by atoms with Crippen molar-refractivity contribution in [3.8, 4) is 0 Å². The van der Waals surface area contributed by atoms with Crippen molar-refractivity contribution in [2.75, 3.05) is 6.61 Å². The van der Waals surface area contributed by atoms with Crippen molar-refractivity contribution >= 4 is 13.5 Å². The summed E-state index contributed by atoms with van der Waals surface area (Å²) in [5.41, 5.74) is -2.89. The first-order valence-electron chi connectivity index (χ1n) is 5.37. The minimum absolute atomic E-state index is 0. The van der Waals surface area contributed by atoms with Crippen LogP contribution >= 0.6 is 13.5 Å². The van der Waals surface area contributed by atoms with Crippen LogP contribution in [0.2, 0.25) is 0 Å². The Bertz CT molecular complexity index is 557. The second kappa shape index (κ2) is 5.47. The van der Waals surface area contributed by atoms with Gasteiger partial charge >= 0.3 is 5.69 Å². The molecule has 8 nitrogen and oxygen atoms in total. The molecular weight excluding hydrogens is 276 g/mol. The average Bonchev–Trinajstić information content (AvgIpc) is 2.54. The molecule has 0 spiro atoms. The molecule has 0 unspecified atom stereocenters. The summed E-state index contributed by atoms with van der Waals surface area (Å²) in [6.07, 6.45) is -2.56. The molecule has 0 aromatic carbocycles. The summed E-state index contributed by atoms with van der Waals surface area (Å²) in [4.78, 5) is 24.6. The lowest BCUT2D eigenvalue weighted by molar-refractivity contribution is -0.137. The molecule has 2 rings (SSSR count). The van der Waals surface area contributed by atoms with E-state index < -0.39 is 41.9 Å². The lowest BCUT2D eigenvalue weighted by Crippen LogP contribution is -2.49. The van der Waals surface area contributed by atoms with Crippen molar-refractivity contribution in [1.29, 1.82) is 0 Å². The van der Waals surface area contributed by atoms with E-state index in [0.717, 1.165) is 16.8 Å². The molecular formula is C10H16N2O6S. The van der Waals surface area contributed by atoms with Crippen molar-refractivity contribution in [3.05, 3.63) is 33.1 Å². The monoisotopic (exact) mass is 292 g/mol. The highest BCUT2D eigenvalue weighted by molar-refractivity contribution is 7.59. The number of H-pyrrole nitrogens is 1. The second-order valence-corrected chi connectivity index (χ2v) is 4.31. The normalized spacial score (nSPS) is 34.0. The molecule has 1 fully saturated rings. The van der Waals surface area contributed by atoms with Crippen LogP contribution in [0.1, 0.15) is 6.92 Å². The molecule has 0 radical (unpaired) electrons. The fraction of sp³-hybridized carbons (Fsp3) is 0.600. The third kappa shape index (κ3) is 2.47. The zero-order chi connectivity index (χ0) is 13.5. The molecule has 108 valence electrons. The lowest BCUT2D eigenvalue weighted by Gasteiger charge is -2.29. The number of aromatic nitrogens is 2. The summed E-state index contributed by atoms with van der Waals surface area (Å²) >= 11 is 0. The van der Waals surface area contributed by atoms with Gasteiger partial charge in [0.1, 0.15) is 18.3 Å². The first kappa shape index (κ1) is 15.9. The molecule has 1 aromatic rings. The topological polar surface area (TPSA) is 125 Å². The van der Waals surface area contributed by atoms with E-state index in [0.29, 0.717) is 0 Å². The zero-order valence-electron chi connectivity index (χ0n) is 10.1. The molecule has 1 aliphatic rings. The molecule has 2 heterocycles. The predicted octanol–water partition coefficient (Wildman–Crippen LogP) is -2.56. The van der Waals surface area contributed by atoms with Gasteiger partial charge in [0.05, 0.1) is 6.61 Å². The summed E-state index contributed by atoms with van der Waals surface area (Å²) in [6, 6.07) is 1.10. The van der Waals surface area contributed by atoms with Crippen molar-refractivity contribution in [3.63, 3.8) is 0 Å². The molecule has 0 aliphatic carbocycles. The first-order chi connectivity index (χ1) is 8.40. The van der Waals surface area contributed by atoms with E-state index in [2.05, 4.69) is 0 Å². The minimum atomic E-state index is -1.55. The highest BCUT2D eigenvalue weighted by atomic mass is 32.1. The Morgan fingerprint density at radius 2 is 2.11 bits per heavy atom. The van der Waals surface area contributed by atoms with Gasteiger partial charge in [0, 0.05) is 12.3 Å². The Morgan fingerprint density at radius 3 is 2.58 bits per heavy atom. The number of aliphatic hydroxyl groups excluding tert-OH is 3. The van der Waals surface area contributed by atoms with Gasteiger partial charge in [0.15, 0.2) is 5.72 Å². The van der Waals surface area contributed by atoms with Crippen molar-refractivity contribution in [2.45, 2.75) is 31.0 Å². The van der Waals surface area contributed by atoms with Crippen LogP contribution in [-0.2, 0) is 10.5 Å². The van der Waals surface area contributed by atoms with Gasteiger partial charge in [-0.1, -0.05) is 0 Å². The standard InChI is InChI=1S/C10H14N2O6.H2S/c1-10(8(16)7(15)5(4-13)18-10)12-3-2-6(14)11-9(12)17;/h2-3,5,7-8,13,15-16H,4H2,1H3,(H,11,14,17);1H2/t5-,7-,8-,10-;/m1./s1. The molecule has 1 aromatic heterocycles. The summed E-state index contributed by atoms with van der Waals surface area (Å²) in [5.74, 6) is 0. The highest BCUT2D eigenvalue weighted by Crippen LogP contribution is 2.33. The second-order valence-electron chi connectivity index (χ2n) is 4.31. The summed E-state index contributed by atoms with van der Waals surface area (Å²) in [5, 5.41) is 28.6. The Labute approximate surface area is 114 Å². The number of ether oxygens (including phenoxy) is 1. The average molecular weight is 292 g/mol. The third-order valence-electron chi connectivity index (χ3n) is 3.13. The van der Waals surface area contributed by atoms with E-state index in [1.165, 1.54) is 6.92 Å². The van der Waals surface area contributed by atoms with Gasteiger partial charge in [0.2, 0.25) is 0 Å². The van der Waals surface area contributed by atoms with E-state index in [9.17, 15) is 19.8 Å². The van der Waals surface area contributed by atoms with Crippen LogP contribution in [0.25, 0.3) is 0 Å². The van der Waals surface area contributed by atoms with Crippen LogP contribution in [0.5, 0.6) is 0 Å². The molecule has 0 bridgehead atoms. The maximum atomic E-state index is 11.7. The van der Waals surface area contributed by atoms with E-state index in [-0.39, 0.29) is 13.5 Å². The Morgan fingerprint density at radius 1 is 1.47 bits per heavy atom. The van der Waals surface area contributed by atoms with Crippen LogP contribution in [0.4, 0.5) is 0 Å². The molecule has 19 heavy (non-hydrogen) atoms. The van der Waals surface area contributed by atoms with Gasteiger partial charge < -0.3 is 20.1 Å². The van der Waals surface area contributed by atoms with Crippen LogP contribution in [0.3, 0.4) is 0 Å². The van der Waals surface area contributed by atoms with Gasteiger partial charge in [0.25, 0.3) is 5.56 Å². The van der Waals surface area contributed by atoms with Gasteiger partial charge in [-0.2, -0.15) is 13.5 Å². The van der Waals surface area contributed by atoms with Crippen molar-refractivity contribution in [1.82, 2.24) is 9.55 Å². The van der Waals surface area contributed by atoms with Crippen molar-refractivity contribution in [2.24, 2.45) is 0 Å². The summed E-state index contributed by atoms with van der Waals surface area (Å²) in [6.45, 7) is 0.891. The maximum Gasteiger partial charge on any atom is 0.330 e. The minimum Gasteiger partial charge on any atom is -0.394 e. The number of nitrogens with zero attached hydrogens (tertiary/aromatic N) is 1. The molecule has 4 N–H and O–H groups in total. The fourth-order valence-electron chi connectivity index (χ4n) is 2.08. The highest BCUT2D eigenvalue weighted by Gasteiger charge is 2.52. The Kier molecular flexibility index (Phi) is 4.59. The smallest absolute Gasteiger partial charge is 0.330 e. The van der Waals surface area contributed by atoms with Crippen LogP contribution in [0, 0.1) is 0 Å². The largest absolute Gasteiger partial charge is 0.394 e. The summed E-state index contributed by atoms with van der Waals surface area (Å²) < 4.78 is 6.29. The van der Waals surface area contributed by atoms with Crippen molar-refractivity contribution < 1.29 is 20.1 Å². The number of hydrogen-bond donors (Lipinski definition) is 4. The number of aromatic amines is 1. The fourth-order valence-corrected chi connectivity index (χ4v) is 2.08. The Balaban J connectivity index is 0.00000180. The van der Waals surface area contributed by atoms with Gasteiger partial charge in [-0.15, -0.1) is 0 Å². The predicted molar refractivity (Wildman–Crippen MR) is 69.3 cm³/mol. The summed E-state index contributed by atoms with van der Waals surface area (Å²) in [7, 11) is 0. The van der Waals surface area contributed by atoms with E-state index in [1.54, 1.807) is 0 Å². The van der Waals surface area contributed by atoms with Gasteiger partial charge in [-0.25, -0.2) is 4.79 Å². The molecule has 0 saturated carbocycles. The van der Waals surface area contributed by atoms with Crippen LogP contribution < -0.4 is 11.2 Å². The zero-order valence-corrected chi connectivity index (χ0v) is 11.1. The molecule has 1 aliphatic heterocycles. The molecule has 1 saturated heterocycles. The molecule has 9 heteroatoms. The Hall–Kier alpha value is -1.13. The number of aliphatic hydroxyl groups is 3. The van der Waals surface area contributed by atoms with E-state index in [4.69, 9.17) is 9.84 Å². The van der Waals surface area contributed by atoms with E-state index in [1.807, 2.05) is 4.98 Å². The SMILES string of the molecule is C[C@@]1(n2ccc(=O)[nH]c2=O)O[C@H](CO)[C@@H](O)[C@H]1O.S. The number of rotatable bonds is 2.